The van der Waals surface area contributed by atoms with E-state index in [1.807, 2.05) is 42.2 Å². The zero-order valence-corrected chi connectivity index (χ0v) is 28.1. The van der Waals surface area contributed by atoms with Crippen molar-refractivity contribution in [1.29, 1.82) is 0 Å². The number of fused-ring (bicyclic) bond motifs is 1. The first-order valence-electron chi connectivity index (χ1n) is 16.9. The van der Waals surface area contributed by atoms with Gasteiger partial charge in [-0.15, -0.1) is 0 Å². The van der Waals surface area contributed by atoms with Crippen molar-refractivity contribution in [3.8, 4) is 5.75 Å². The minimum absolute atomic E-state index is 0.0344. The van der Waals surface area contributed by atoms with Crippen molar-refractivity contribution in [2.45, 2.75) is 64.5 Å². The van der Waals surface area contributed by atoms with Crippen LogP contribution in [0.4, 0.5) is 5.69 Å². The van der Waals surface area contributed by atoms with Gasteiger partial charge in [0.25, 0.3) is 5.91 Å². The fraction of sp³-hybridized carbons (Fsp3) is 0.359. The van der Waals surface area contributed by atoms with Crippen LogP contribution in [0, 0.1) is 0 Å². The number of hydrogen-bond acceptors (Lipinski definition) is 6. The molecule has 0 saturated carbocycles. The number of carbonyl (C=O) groups is 2. The Morgan fingerprint density at radius 3 is 2.54 bits per heavy atom. The summed E-state index contributed by atoms with van der Waals surface area (Å²) < 4.78 is 11.6. The minimum atomic E-state index is -0.449. The summed E-state index contributed by atoms with van der Waals surface area (Å²) in [6, 6.07) is 22.0. The molecule has 9 heteroatoms. The number of rotatable bonds is 11. The molecule has 1 atom stereocenters. The molecule has 1 N–H and O–H groups in total. The molecule has 2 fully saturated rings. The number of benzene rings is 3. The summed E-state index contributed by atoms with van der Waals surface area (Å²) in [5, 5.41) is 4.14. The Hall–Kier alpha value is -4.56. The van der Waals surface area contributed by atoms with Crippen molar-refractivity contribution in [3.63, 3.8) is 0 Å². The van der Waals surface area contributed by atoms with E-state index in [1.54, 1.807) is 18.2 Å². The van der Waals surface area contributed by atoms with E-state index in [9.17, 15) is 14.4 Å². The highest BCUT2D eigenvalue weighted by atomic mass is 35.5. The molecule has 0 unspecified atom stereocenters. The first-order chi connectivity index (χ1) is 23.4. The van der Waals surface area contributed by atoms with Crippen LogP contribution in [0.5, 0.6) is 5.75 Å². The number of anilines is 1. The summed E-state index contributed by atoms with van der Waals surface area (Å²) in [6.45, 7) is 5.69. The van der Waals surface area contributed by atoms with Gasteiger partial charge in [-0.05, 0) is 86.1 Å². The van der Waals surface area contributed by atoms with Gasteiger partial charge in [0.05, 0.1) is 18.0 Å². The lowest BCUT2D eigenvalue weighted by Gasteiger charge is -2.34. The zero-order valence-electron chi connectivity index (χ0n) is 27.4. The van der Waals surface area contributed by atoms with Crippen molar-refractivity contribution in [3.05, 3.63) is 117 Å². The van der Waals surface area contributed by atoms with Crippen molar-refractivity contribution >= 4 is 40.1 Å². The first kappa shape index (κ1) is 33.3. The van der Waals surface area contributed by atoms with Crippen LogP contribution in [0.25, 0.3) is 11.0 Å². The number of piperidine rings is 2. The molecule has 2 saturated heterocycles. The second kappa shape index (κ2) is 15.6. The monoisotopic (exact) mass is 667 g/mol. The Morgan fingerprint density at radius 1 is 0.979 bits per heavy atom. The normalized spacial score (nSPS) is 15.8. The maximum Gasteiger partial charge on any atom is 0.287 e. The molecule has 3 aromatic carbocycles. The summed E-state index contributed by atoms with van der Waals surface area (Å²) in [7, 11) is 0. The molecule has 0 bridgehead atoms. The number of likely N-dealkylation sites (tertiary alicyclic amines) is 1. The summed E-state index contributed by atoms with van der Waals surface area (Å²) >= 11 is 6.15. The lowest BCUT2D eigenvalue weighted by molar-refractivity contribution is -0.133. The minimum Gasteiger partial charge on any atom is -0.494 e. The van der Waals surface area contributed by atoms with Gasteiger partial charge >= 0.3 is 0 Å². The van der Waals surface area contributed by atoms with Crippen LogP contribution in [-0.2, 0) is 17.8 Å². The zero-order chi connectivity index (χ0) is 33.5. The standard InChI is InChI=1S/C39H42ClN3O5/c1-2-21-47-32-14-15-36-33(24-32)35(44)25-37(48-36)39(46)41-31(22-27-10-12-30(40)13-11-27)23-28-16-19-42(20-17-28)34-8-4-3-7-29(34)26-43-18-6-5-9-38(43)45/h3-4,7-8,10-15,23-25,31H,2,5-6,9,16-22,26H2,1H3,(H,41,46)/t31-/m1/s1. The number of para-hydroxylation sites is 1. The molecule has 0 radical (unpaired) electrons. The molecule has 4 aromatic rings. The Morgan fingerprint density at radius 2 is 1.77 bits per heavy atom. The van der Waals surface area contributed by atoms with Crippen LogP contribution < -0.4 is 20.4 Å². The predicted molar refractivity (Wildman–Crippen MR) is 190 cm³/mol. The molecule has 2 aliphatic rings. The van der Waals surface area contributed by atoms with Gasteiger partial charge < -0.3 is 24.3 Å². The largest absolute Gasteiger partial charge is 0.494 e. The fourth-order valence-electron chi connectivity index (χ4n) is 6.50. The average Bonchev–Trinajstić information content (AvgIpc) is 3.10. The van der Waals surface area contributed by atoms with E-state index in [0.29, 0.717) is 47.7 Å². The van der Waals surface area contributed by atoms with E-state index in [4.69, 9.17) is 20.8 Å². The van der Waals surface area contributed by atoms with Gasteiger partial charge in [0, 0.05) is 49.4 Å². The van der Waals surface area contributed by atoms with Gasteiger partial charge in [-0.3, -0.25) is 14.4 Å². The maximum absolute atomic E-state index is 13.6. The molecule has 3 heterocycles. The van der Waals surface area contributed by atoms with E-state index in [2.05, 4.69) is 34.5 Å². The van der Waals surface area contributed by atoms with Gasteiger partial charge in [0.2, 0.25) is 5.91 Å². The Labute approximate surface area is 286 Å². The number of carbonyl (C=O) groups excluding carboxylic acids is 2. The van der Waals surface area contributed by atoms with E-state index in [0.717, 1.165) is 57.3 Å². The van der Waals surface area contributed by atoms with E-state index >= 15 is 0 Å². The van der Waals surface area contributed by atoms with E-state index < -0.39 is 5.91 Å². The highest BCUT2D eigenvalue weighted by Gasteiger charge is 2.23. The molecule has 6 rings (SSSR count). The summed E-state index contributed by atoms with van der Waals surface area (Å²) in [4.78, 5) is 43.5. The molecule has 250 valence electrons. The molecule has 8 nitrogen and oxygen atoms in total. The van der Waals surface area contributed by atoms with Crippen LogP contribution >= 0.6 is 11.6 Å². The maximum atomic E-state index is 13.6. The second-order valence-corrected chi connectivity index (χ2v) is 13.0. The quantitative estimate of drug-likeness (QED) is 0.169. The average molecular weight is 668 g/mol. The van der Waals surface area contributed by atoms with Crippen LogP contribution in [0.2, 0.25) is 5.02 Å². The van der Waals surface area contributed by atoms with Crippen LogP contribution in [0.15, 0.2) is 93.7 Å². The number of amides is 2. The Balaban J connectivity index is 1.18. The lowest BCUT2D eigenvalue weighted by Crippen LogP contribution is -2.37. The van der Waals surface area contributed by atoms with Gasteiger partial charge in [-0.2, -0.15) is 0 Å². The highest BCUT2D eigenvalue weighted by Crippen LogP contribution is 2.29. The summed E-state index contributed by atoms with van der Waals surface area (Å²) in [5.41, 5.74) is 4.68. The molecule has 0 spiro atoms. The molecule has 2 aliphatic heterocycles. The van der Waals surface area contributed by atoms with Crippen LogP contribution in [0.3, 0.4) is 0 Å². The molecular formula is C39H42ClN3O5. The molecular weight excluding hydrogens is 626 g/mol. The van der Waals surface area contributed by atoms with Crippen molar-refractivity contribution in [2.75, 3.05) is 31.1 Å². The Kier molecular flexibility index (Phi) is 10.8. The van der Waals surface area contributed by atoms with E-state index in [1.165, 1.54) is 22.9 Å². The van der Waals surface area contributed by atoms with Gasteiger partial charge in [0.15, 0.2) is 11.2 Å². The predicted octanol–water partition coefficient (Wildman–Crippen LogP) is 7.32. The third-order valence-corrected chi connectivity index (χ3v) is 9.29. The van der Waals surface area contributed by atoms with Gasteiger partial charge in [0.1, 0.15) is 11.3 Å². The van der Waals surface area contributed by atoms with Crippen LogP contribution in [0.1, 0.15) is 67.1 Å². The number of ether oxygens (including phenoxy) is 1. The SMILES string of the molecule is CCCOc1ccc2oc(C(=O)N[C@@H](C=C3CCN(c4ccccc4CN4CCCCC4=O)CC3)Cc3ccc(Cl)cc3)cc(=O)c2c1. The number of halogens is 1. The van der Waals surface area contributed by atoms with Crippen molar-refractivity contribution in [2.24, 2.45) is 0 Å². The number of hydrogen-bond donors (Lipinski definition) is 1. The summed E-state index contributed by atoms with van der Waals surface area (Å²) in [6.07, 6.45) is 7.92. The molecule has 0 aliphatic carbocycles. The smallest absolute Gasteiger partial charge is 0.287 e. The first-order valence-corrected chi connectivity index (χ1v) is 17.3. The van der Waals surface area contributed by atoms with Crippen LogP contribution in [-0.4, -0.2) is 49.0 Å². The highest BCUT2D eigenvalue weighted by molar-refractivity contribution is 6.30. The lowest BCUT2D eigenvalue weighted by atomic mass is 9.97. The third kappa shape index (κ3) is 8.29. The van der Waals surface area contributed by atoms with Gasteiger partial charge in [-0.1, -0.05) is 60.5 Å². The van der Waals surface area contributed by atoms with Crippen molar-refractivity contribution in [1.82, 2.24) is 10.2 Å². The van der Waals surface area contributed by atoms with Crippen molar-refractivity contribution < 1.29 is 18.7 Å². The van der Waals surface area contributed by atoms with Gasteiger partial charge in [-0.25, -0.2) is 0 Å². The fourth-order valence-corrected chi connectivity index (χ4v) is 6.62. The number of nitrogens with one attached hydrogen (secondary N) is 1. The molecule has 48 heavy (non-hydrogen) atoms. The van der Waals surface area contributed by atoms with E-state index in [-0.39, 0.29) is 23.1 Å². The topological polar surface area (TPSA) is 92.1 Å². The molecule has 2 amide bonds. The third-order valence-electron chi connectivity index (χ3n) is 9.04. The Bertz CT molecular complexity index is 1840. The summed E-state index contributed by atoms with van der Waals surface area (Å²) in [5.74, 6) is 0.348. The second-order valence-electron chi connectivity index (χ2n) is 12.6. The molecule has 1 aromatic heterocycles. The number of nitrogens with zero attached hydrogens (tertiary/aromatic N) is 2.